The first kappa shape index (κ1) is 17.8. The molecule has 0 aromatic heterocycles. The van der Waals surface area contributed by atoms with Crippen LogP contribution in [-0.4, -0.2) is 50.3 Å². The van der Waals surface area contributed by atoms with Gasteiger partial charge in [-0.15, -0.1) is 0 Å². The van der Waals surface area contributed by atoms with Gasteiger partial charge in [0, 0.05) is 26.7 Å². The second kappa shape index (κ2) is 7.43. The number of hydrogen-bond donors (Lipinski definition) is 1. The van der Waals surface area contributed by atoms with Gasteiger partial charge < -0.3 is 5.73 Å². The number of rotatable bonds is 9. The van der Waals surface area contributed by atoms with Crippen LogP contribution in [-0.2, 0) is 10.2 Å². The molecule has 0 saturated carbocycles. The third-order valence-electron chi connectivity index (χ3n) is 2.87. The molecule has 0 aromatic rings. The second-order valence-electron chi connectivity index (χ2n) is 5.53. The van der Waals surface area contributed by atoms with Crippen LogP contribution in [0.4, 0.5) is 0 Å². The summed E-state index contributed by atoms with van der Waals surface area (Å²) in [5.74, 6) is 0. The van der Waals surface area contributed by atoms with Gasteiger partial charge in [-0.25, -0.2) is 0 Å². The molecular formula is C12H29N3O2S. The molecule has 0 atom stereocenters. The Morgan fingerprint density at radius 2 is 1.56 bits per heavy atom. The molecule has 0 bridgehead atoms. The van der Waals surface area contributed by atoms with E-state index in [1.54, 1.807) is 11.4 Å². The highest BCUT2D eigenvalue weighted by Crippen LogP contribution is 2.18. The summed E-state index contributed by atoms with van der Waals surface area (Å²) in [6.07, 6.45) is 1.65. The fourth-order valence-corrected chi connectivity index (χ4v) is 3.52. The third-order valence-corrected chi connectivity index (χ3v) is 4.80. The summed E-state index contributed by atoms with van der Waals surface area (Å²) in [4.78, 5) is 0. The zero-order chi connectivity index (χ0) is 14.4. The van der Waals surface area contributed by atoms with Crippen molar-refractivity contribution >= 4 is 10.2 Å². The van der Waals surface area contributed by atoms with Crippen LogP contribution in [0.25, 0.3) is 0 Å². The quantitative estimate of drug-likeness (QED) is 0.691. The van der Waals surface area contributed by atoms with Crippen LogP contribution in [0.5, 0.6) is 0 Å². The highest BCUT2D eigenvalue weighted by Gasteiger charge is 2.29. The molecular weight excluding hydrogens is 250 g/mol. The van der Waals surface area contributed by atoms with E-state index < -0.39 is 10.2 Å². The van der Waals surface area contributed by atoms with E-state index in [0.29, 0.717) is 26.2 Å². The zero-order valence-corrected chi connectivity index (χ0v) is 13.3. The van der Waals surface area contributed by atoms with Gasteiger partial charge in [-0.05, 0) is 24.8 Å². The van der Waals surface area contributed by atoms with E-state index in [2.05, 4.69) is 0 Å². The molecule has 0 spiro atoms. The summed E-state index contributed by atoms with van der Waals surface area (Å²) >= 11 is 0. The van der Waals surface area contributed by atoms with Gasteiger partial charge >= 0.3 is 0 Å². The summed E-state index contributed by atoms with van der Waals surface area (Å²) in [7, 11) is -1.73. The Balaban J connectivity index is 4.87. The maximum absolute atomic E-state index is 12.4. The van der Waals surface area contributed by atoms with E-state index in [1.165, 1.54) is 4.31 Å². The molecule has 18 heavy (non-hydrogen) atoms. The van der Waals surface area contributed by atoms with Crippen LogP contribution in [0.2, 0.25) is 0 Å². The first-order valence-corrected chi connectivity index (χ1v) is 8.02. The van der Waals surface area contributed by atoms with Crippen LogP contribution >= 0.6 is 0 Å². The fraction of sp³-hybridized carbons (Fsp3) is 1.00. The van der Waals surface area contributed by atoms with E-state index in [-0.39, 0.29) is 5.41 Å². The van der Waals surface area contributed by atoms with Crippen molar-refractivity contribution in [2.24, 2.45) is 11.1 Å². The molecule has 110 valence electrons. The van der Waals surface area contributed by atoms with Gasteiger partial charge in [-0.3, -0.25) is 0 Å². The Kier molecular flexibility index (Phi) is 7.36. The standard InChI is InChI=1S/C12H29N3O2S/c1-6-8-15(9-7-2)18(16,17)14(5)11-12(3,4)10-13/h6-11,13H2,1-5H3. The Morgan fingerprint density at radius 1 is 1.11 bits per heavy atom. The fourth-order valence-electron chi connectivity index (χ4n) is 1.79. The van der Waals surface area contributed by atoms with E-state index >= 15 is 0 Å². The Labute approximate surface area is 113 Å². The SMILES string of the molecule is CCCN(CCC)S(=O)(=O)N(C)CC(C)(C)CN. The second-order valence-corrected chi connectivity index (χ2v) is 7.57. The van der Waals surface area contributed by atoms with Crippen molar-refractivity contribution in [2.75, 3.05) is 33.2 Å². The molecule has 0 aliphatic carbocycles. The van der Waals surface area contributed by atoms with Gasteiger partial charge in [-0.2, -0.15) is 17.0 Å². The van der Waals surface area contributed by atoms with Crippen molar-refractivity contribution in [3.05, 3.63) is 0 Å². The van der Waals surface area contributed by atoms with Crippen molar-refractivity contribution in [2.45, 2.75) is 40.5 Å². The summed E-state index contributed by atoms with van der Waals surface area (Å²) in [5, 5.41) is 0. The van der Waals surface area contributed by atoms with Crippen molar-refractivity contribution in [3.8, 4) is 0 Å². The molecule has 0 amide bonds. The average Bonchev–Trinajstić information content (AvgIpc) is 2.28. The Hall–Kier alpha value is -0.170. The van der Waals surface area contributed by atoms with Gasteiger partial charge in [0.2, 0.25) is 0 Å². The molecule has 0 aliphatic heterocycles. The molecule has 2 N–H and O–H groups in total. The lowest BCUT2D eigenvalue weighted by Crippen LogP contribution is -2.47. The summed E-state index contributed by atoms with van der Waals surface area (Å²) in [6, 6.07) is 0. The lowest BCUT2D eigenvalue weighted by Gasteiger charge is -2.32. The van der Waals surface area contributed by atoms with Crippen LogP contribution in [0.1, 0.15) is 40.5 Å². The first-order chi connectivity index (χ1) is 8.21. The number of hydrogen-bond acceptors (Lipinski definition) is 3. The van der Waals surface area contributed by atoms with Crippen LogP contribution < -0.4 is 5.73 Å². The summed E-state index contributed by atoms with van der Waals surface area (Å²) in [6.45, 7) is 9.98. The van der Waals surface area contributed by atoms with Gasteiger partial charge in [0.15, 0.2) is 0 Å². The maximum atomic E-state index is 12.4. The minimum Gasteiger partial charge on any atom is -0.330 e. The van der Waals surface area contributed by atoms with Gasteiger partial charge in [0.1, 0.15) is 0 Å². The zero-order valence-electron chi connectivity index (χ0n) is 12.4. The normalized spacial score (nSPS) is 13.6. The Morgan fingerprint density at radius 3 is 1.89 bits per heavy atom. The van der Waals surface area contributed by atoms with Crippen molar-refractivity contribution in [1.29, 1.82) is 0 Å². The monoisotopic (exact) mass is 279 g/mol. The predicted molar refractivity (Wildman–Crippen MR) is 76.5 cm³/mol. The topological polar surface area (TPSA) is 66.6 Å². The minimum absolute atomic E-state index is 0.202. The predicted octanol–water partition coefficient (Wildman–Crippen LogP) is 1.27. The minimum atomic E-state index is -3.36. The average molecular weight is 279 g/mol. The smallest absolute Gasteiger partial charge is 0.281 e. The lowest BCUT2D eigenvalue weighted by molar-refractivity contribution is 0.272. The lowest BCUT2D eigenvalue weighted by atomic mass is 9.94. The van der Waals surface area contributed by atoms with E-state index in [0.717, 1.165) is 12.8 Å². The molecule has 6 heteroatoms. The molecule has 0 saturated heterocycles. The molecule has 0 unspecified atom stereocenters. The van der Waals surface area contributed by atoms with Gasteiger partial charge in [0.05, 0.1) is 0 Å². The van der Waals surface area contributed by atoms with E-state index in [1.807, 2.05) is 27.7 Å². The van der Waals surface area contributed by atoms with E-state index in [9.17, 15) is 8.42 Å². The molecule has 0 radical (unpaired) electrons. The van der Waals surface area contributed by atoms with Gasteiger partial charge in [-0.1, -0.05) is 27.7 Å². The van der Waals surface area contributed by atoms with E-state index in [4.69, 9.17) is 5.73 Å². The molecule has 5 nitrogen and oxygen atoms in total. The maximum Gasteiger partial charge on any atom is 0.281 e. The van der Waals surface area contributed by atoms with Crippen LogP contribution in [0, 0.1) is 5.41 Å². The molecule has 0 fully saturated rings. The summed E-state index contributed by atoms with van der Waals surface area (Å²) < 4.78 is 27.8. The number of nitrogens with zero attached hydrogens (tertiary/aromatic N) is 2. The first-order valence-electron chi connectivity index (χ1n) is 6.62. The van der Waals surface area contributed by atoms with Gasteiger partial charge in [0.25, 0.3) is 10.2 Å². The van der Waals surface area contributed by atoms with Crippen molar-refractivity contribution < 1.29 is 8.42 Å². The van der Waals surface area contributed by atoms with Crippen LogP contribution in [0.3, 0.4) is 0 Å². The third kappa shape index (κ3) is 5.22. The molecule has 0 heterocycles. The summed E-state index contributed by atoms with van der Waals surface area (Å²) in [5.41, 5.74) is 5.45. The Bertz CT molecular complexity index is 322. The molecule has 0 rings (SSSR count). The highest BCUT2D eigenvalue weighted by atomic mass is 32.2. The molecule has 0 aromatic carbocycles. The van der Waals surface area contributed by atoms with Crippen LogP contribution in [0.15, 0.2) is 0 Å². The van der Waals surface area contributed by atoms with Crippen molar-refractivity contribution in [1.82, 2.24) is 8.61 Å². The van der Waals surface area contributed by atoms with Crippen molar-refractivity contribution in [3.63, 3.8) is 0 Å². The highest BCUT2D eigenvalue weighted by molar-refractivity contribution is 7.86. The molecule has 0 aliphatic rings. The number of nitrogens with two attached hydrogens (primary N) is 1. The largest absolute Gasteiger partial charge is 0.330 e.